The zero-order valence-corrected chi connectivity index (χ0v) is 19.2. The molecule has 0 atom stereocenters. The van der Waals surface area contributed by atoms with Gasteiger partial charge in [-0.15, -0.1) is 0 Å². The number of hydrogen-bond donors (Lipinski definition) is 0. The van der Waals surface area contributed by atoms with Crippen LogP contribution in [-0.4, -0.2) is 34.0 Å². The van der Waals surface area contributed by atoms with Gasteiger partial charge in [0.15, 0.2) is 17.2 Å². The number of ether oxygens (including phenoxy) is 3. The third-order valence-corrected chi connectivity index (χ3v) is 5.99. The largest absolute Gasteiger partial charge is 0.497 e. The van der Waals surface area contributed by atoms with Crippen LogP contribution in [0.2, 0.25) is 0 Å². The van der Waals surface area contributed by atoms with Crippen LogP contribution in [0.5, 0.6) is 17.2 Å². The van der Waals surface area contributed by atoms with E-state index in [4.69, 9.17) is 18.4 Å². The second-order valence-corrected chi connectivity index (χ2v) is 8.60. The van der Waals surface area contributed by atoms with Crippen molar-refractivity contribution in [1.29, 1.82) is 0 Å². The van der Waals surface area contributed by atoms with Crippen LogP contribution in [0.15, 0.2) is 88.4 Å². The van der Waals surface area contributed by atoms with E-state index in [0.717, 1.165) is 0 Å². The average molecular weight is 480 g/mol. The van der Waals surface area contributed by atoms with Crippen LogP contribution in [0.25, 0.3) is 6.08 Å². The lowest BCUT2D eigenvalue weighted by molar-refractivity contribution is -0.129. The van der Waals surface area contributed by atoms with Crippen molar-refractivity contribution in [2.45, 2.75) is 11.8 Å². The van der Waals surface area contributed by atoms with Gasteiger partial charge in [0.25, 0.3) is 0 Å². The molecule has 3 aromatic rings. The standard InChI is InChI=1S/C25H21NO7S/c1-3-31-23-15-17(12-13-22(23)33-34(28,29)20-10-5-4-6-11-20)14-21-25(27)32-24(26-21)18-8-7-9-19(16-18)30-2/h4-16H,3H2,1-2H3/b21-14+. The lowest BCUT2D eigenvalue weighted by Crippen LogP contribution is -2.10. The van der Waals surface area contributed by atoms with Crippen LogP contribution in [0.4, 0.5) is 0 Å². The third-order valence-electron chi connectivity index (χ3n) is 4.74. The first kappa shape index (κ1) is 23.1. The number of rotatable bonds is 8. The molecule has 34 heavy (non-hydrogen) atoms. The van der Waals surface area contributed by atoms with Gasteiger partial charge >= 0.3 is 16.1 Å². The summed E-state index contributed by atoms with van der Waals surface area (Å²) in [5, 5.41) is 0. The van der Waals surface area contributed by atoms with Crippen LogP contribution < -0.4 is 13.7 Å². The van der Waals surface area contributed by atoms with Gasteiger partial charge in [-0.1, -0.05) is 30.3 Å². The first-order valence-corrected chi connectivity index (χ1v) is 11.7. The lowest BCUT2D eigenvalue weighted by Gasteiger charge is -2.12. The van der Waals surface area contributed by atoms with Gasteiger partial charge in [-0.2, -0.15) is 8.42 Å². The fourth-order valence-electron chi connectivity index (χ4n) is 3.15. The summed E-state index contributed by atoms with van der Waals surface area (Å²) in [5.41, 5.74) is 1.24. The molecule has 0 fully saturated rings. The van der Waals surface area contributed by atoms with Crippen molar-refractivity contribution < 1.29 is 31.6 Å². The highest BCUT2D eigenvalue weighted by atomic mass is 32.2. The van der Waals surface area contributed by atoms with Crippen molar-refractivity contribution in [2.24, 2.45) is 4.99 Å². The summed E-state index contributed by atoms with van der Waals surface area (Å²) in [5.74, 6) is 0.398. The molecule has 0 saturated carbocycles. The highest BCUT2D eigenvalue weighted by Gasteiger charge is 2.25. The molecule has 1 heterocycles. The van der Waals surface area contributed by atoms with E-state index in [9.17, 15) is 13.2 Å². The van der Waals surface area contributed by atoms with Crippen LogP contribution in [0.1, 0.15) is 18.1 Å². The molecule has 0 unspecified atom stereocenters. The van der Waals surface area contributed by atoms with Crippen LogP contribution in [0.3, 0.4) is 0 Å². The van der Waals surface area contributed by atoms with Gasteiger partial charge in [0, 0.05) is 5.56 Å². The molecular formula is C25H21NO7S. The van der Waals surface area contributed by atoms with Crippen molar-refractivity contribution in [3.8, 4) is 17.2 Å². The molecule has 3 aromatic carbocycles. The molecule has 9 heteroatoms. The SMILES string of the molecule is CCOc1cc(/C=C2/N=C(c3cccc(OC)c3)OC2=O)ccc1OS(=O)(=O)c1ccccc1. The first-order valence-electron chi connectivity index (χ1n) is 10.3. The summed E-state index contributed by atoms with van der Waals surface area (Å²) in [4.78, 5) is 16.7. The Morgan fingerprint density at radius 3 is 2.50 bits per heavy atom. The normalized spacial score (nSPS) is 14.5. The van der Waals surface area contributed by atoms with Gasteiger partial charge < -0.3 is 18.4 Å². The molecule has 1 aliphatic heterocycles. The van der Waals surface area contributed by atoms with Crippen molar-refractivity contribution in [2.75, 3.05) is 13.7 Å². The molecule has 0 bridgehead atoms. The zero-order valence-electron chi connectivity index (χ0n) is 18.4. The Morgan fingerprint density at radius 2 is 1.76 bits per heavy atom. The molecule has 1 aliphatic rings. The van der Waals surface area contributed by atoms with E-state index < -0.39 is 16.1 Å². The van der Waals surface area contributed by atoms with Crippen LogP contribution in [-0.2, 0) is 19.6 Å². The molecule has 0 spiro atoms. The predicted octanol–water partition coefficient (Wildman–Crippen LogP) is 4.21. The van der Waals surface area contributed by atoms with Gasteiger partial charge in [-0.05, 0) is 61.0 Å². The number of cyclic esters (lactones) is 1. The Kier molecular flexibility index (Phi) is 6.65. The number of nitrogens with zero attached hydrogens (tertiary/aromatic N) is 1. The van der Waals surface area contributed by atoms with Crippen LogP contribution >= 0.6 is 0 Å². The minimum atomic E-state index is -4.04. The van der Waals surface area contributed by atoms with E-state index in [1.54, 1.807) is 68.6 Å². The Labute approximate surface area is 197 Å². The number of methoxy groups -OCH3 is 1. The van der Waals surface area contributed by atoms with Gasteiger partial charge in [0.05, 0.1) is 13.7 Å². The van der Waals surface area contributed by atoms with Gasteiger partial charge in [0.2, 0.25) is 5.90 Å². The van der Waals surface area contributed by atoms with Crippen molar-refractivity contribution in [3.63, 3.8) is 0 Å². The number of carbonyl (C=O) groups excluding carboxylic acids is 1. The minimum Gasteiger partial charge on any atom is -0.497 e. The number of aliphatic imine (C=N–C) groups is 1. The number of hydrogen-bond acceptors (Lipinski definition) is 8. The van der Waals surface area contributed by atoms with E-state index in [1.807, 2.05) is 0 Å². The van der Waals surface area contributed by atoms with E-state index in [2.05, 4.69) is 4.99 Å². The van der Waals surface area contributed by atoms with E-state index in [1.165, 1.54) is 24.3 Å². The summed E-state index contributed by atoms with van der Waals surface area (Å²) < 4.78 is 46.6. The van der Waals surface area contributed by atoms with E-state index in [0.29, 0.717) is 16.9 Å². The summed E-state index contributed by atoms with van der Waals surface area (Å²) in [6.45, 7) is 2.04. The average Bonchev–Trinajstić information content (AvgIpc) is 3.21. The topological polar surface area (TPSA) is 100 Å². The molecule has 0 aromatic heterocycles. The Balaban J connectivity index is 1.63. The van der Waals surface area contributed by atoms with Crippen molar-refractivity contribution in [1.82, 2.24) is 0 Å². The smallest absolute Gasteiger partial charge is 0.363 e. The van der Waals surface area contributed by atoms with Crippen LogP contribution in [0, 0.1) is 0 Å². The van der Waals surface area contributed by atoms with E-state index >= 15 is 0 Å². The molecule has 8 nitrogen and oxygen atoms in total. The lowest BCUT2D eigenvalue weighted by atomic mass is 10.1. The molecule has 0 N–H and O–H groups in total. The van der Waals surface area contributed by atoms with E-state index in [-0.39, 0.29) is 34.6 Å². The van der Waals surface area contributed by atoms with Gasteiger partial charge in [-0.3, -0.25) is 0 Å². The molecule has 4 rings (SSSR count). The quantitative estimate of drug-likeness (QED) is 0.271. The predicted molar refractivity (Wildman–Crippen MR) is 125 cm³/mol. The fourth-order valence-corrected chi connectivity index (χ4v) is 4.11. The monoisotopic (exact) mass is 479 g/mol. The maximum absolute atomic E-state index is 12.6. The highest BCUT2D eigenvalue weighted by Crippen LogP contribution is 2.32. The highest BCUT2D eigenvalue weighted by molar-refractivity contribution is 7.87. The maximum atomic E-state index is 12.6. The summed E-state index contributed by atoms with van der Waals surface area (Å²) >= 11 is 0. The second kappa shape index (κ2) is 9.80. The first-order chi connectivity index (χ1) is 16.4. The molecule has 174 valence electrons. The van der Waals surface area contributed by atoms with Crippen molar-refractivity contribution in [3.05, 3.63) is 89.6 Å². The second-order valence-electron chi connectivity index (χ2n) is 7.06. The Morgan fingerprint density at radius 1 is 0.971 bits per heavy atom. The third kappa shape index (κ3) is 5.10. The number of benzene rings is 3. The molecule has 0 radical (unpaired) electrons. The summed E-state index contributed by atoms with van der Waals surface area (Å²) in [7, 11) is -2.50. The molecular weight excluding hydrogens is 458 g/mol. The van der Waals surface area contributed by atoms with Crippen molar-refractivity contribution >= 4 is 28.1 Å². The fraction of sp³-hybridized carbons (Fsp3) is 0.120. The molecule has 0 amide bonds. The summed E-state index contributed by atoms with van der Waals surface area (Å²) in [6.07, 6.45) is 1.52. The Hall–Kier alpha value is -4.11. The van der Waals surface area contributed by atoms with Gasteiger partial charge in [0.1, 0.15) is 10.6 Å². The zero-order chi connectivity index (χ0) is 24.1. The minimum absolute atomic E-state index is 0.0248. The summed E-state index contributed by atoms with van der Waals surface area (Å²) in [6, 6.07) is 19.4. The number of carbonyl (C=O) groups is 1. The molecule has 0 saturated heterocycles. The number of esters is 1. The Bertz CT molecular complexity index is 1380. The molecule has 0 aliphatic carbocycles. The van der Waals surface area contributed by atoms with Gasteiger partial charge in [-0.25, -0.2) is 9.79 Å². The maximum Gasteiger partial charge on any atom is 0.363 e.